The fourth-order valence-electron chi connectivity index (χ4n) is 2.79. The number of hydrogen-bond donors (Lipinski definition) is 1. The van der Waals surface area contributed by atoms with Gasteiger partial charge in [0.25, 0.3) is 5.91 Å². The Morgan fingerprint density at radius 2 is 2.12 bits per heavy atom. The number of para-hydroxylation sites is 2. The average molecular weight is 358 g/mol. The molecule has 1 N–H and O–H groups in total. The van der Waals surface area contributed by atoms with Crippen LogP contribution in [0.1, 0.15) is 18.5 Å². The van der Waals surface area contributed by atoms with Crippen LogP contribution in [0.25, 0.3) is 0 Å². The Morgan fingerprint density at radius 1 is 1.35 bits per heavy atom. The molecule has 0 radical (unpaired) electrons. The number of carbonyl (C=O) groups is 2. The molecule has 1 aliphatic rings. The van der Waals surface area contributed by atoms with Gasteiger partial charge in [-0.2, -0.15) is 0 Å². The van der Waals surface area contributed by atoms with Crippen LogP contribution < -0.4 is 19.7 Å². The Kier molecular flexibility index (Phi) is 5.06. The number of carbonyl (C=O) groups excluding carboxylic acids is 2. The summed E-state index contributed by atoms with van der Waals surface area (Å²) in [5.41, 5.74) is 1.16. The Bertz CT molecular complexity index is 840. The predicted molar refractivity (Wildman–Crippen MR) is 93.8 cm³/mol. The zero-order valence-electron chi connectivity index (χ0n) is 14.5. The summed E-state index contributed by atoms with van der Waals surface area (Å²) in [6, 6.07) is 11.1. The summed E-state index contributed by atoms with van der Waals surface area (Å²) in [6.45, 7) is 1.50. The number of benzene rings is 2. The molecule has 0 spiro atoms. The highest BCUT2D eigenvalue weighted by atomic mass is 19.1. The number of nitrogens with zero attached hydrogens (tertiary/aromatic N) is 1. The molecule has 3 rings (SSSR count). The summed E-state index contributed by atoms with van der Waals surface area (Å²) in [5, 5.41) is 2.78. The predicted octanol–water partition coefficient (Wildman–Crippen LogP) is 2.44. The molecule has 0 saturated heterocycles. The van der Waals surface area contributed by atoms with Gasteiger partial charge in [-0.05, 0) is 36.8 Å². The minimum atomic E-state index is -0.497. The van der Waals surface area contributed by atoms with E-state index < -0.39 is 11.9 Å². The first-order chi connectivity index (χ1) is 12.5. The van der Waals surface area contributed by atoms with Crippen molar-refractivity contribution in [2.75, 3.05) is 25.2 Å². The Morgan fingerprint density at radius 3 is 2.85 bits per heavy atom. The number of hydrogen-bond acceptors (Lipinski definition) is 4. The number of rotatable bonds is 5. The van der Waals surface area contributed by atoms with Gasteiger partial charge in [0.2, 0.25) is 5.91 Å². The number of anilines is 1. The maximum atomic E-state index is 13.8. The Hall–Kier alpha value is -3.09. The normalized spacial score (nSPS) is 14.3. The largest absolute Gasteiger partial charge is 0.494 e. The number of ether oxygens (including phenoxy) is 2. The second-order valence-corrected chi connectivity index (χ2v) is 5.92. The van der Waals surface area contributed by atoms with Crippen molar-refractivity contribution in [3.63, 3.8) is 0 Å². The molecule has 6 nitrogen and oxygen atoms in total. The van der Waals surface area contributed by atoms with Gasteiger partial charge in [-0.15, -0.1) is 0 Å². The van der Waals surface area contributed by atoms with Crippen molar-refractivity contribution in [1.82, 2.24) is 5.32 Å². The SMILES string of the molecule is COc1ccc(C(C)NC(=O)CN2C(=O)COc3ccccc32)cc1F. The molecule has 1 atom stereocenters. The first-order valence-electron chi connectivity index (χ1n) is 8.14. The van der Waals surface area contributed by atoms with Gasteiger partial charge >= 0.3 is 0 Å². The maximum Gasteiger partial charge on any atom is 0.265 e. The lowest BCUT2D eigenvalue weighted by molar-refractivity contribution is -0.125. The lowest BCUT2D eigenvalue weighted by Gasteiger charge is -2.29. The number of nitrogens with one attached hydrogen (secondary N) is 1. The van der Waals surface area contributed by atoms with Crippen LogP contribution in [0.2, 0.25) is 0 Å². The van der Waals surface area contributed by atoms with Gasteiger partial charge in [0.15, 0.2) is 18.2 Å². The average Bonchev–Trinajstić information content (AvgIpc) is 2.64. The molecule has 2 aromatic carbocycles. The second kappa shape index (κ2) is 7.43. The van der Waals surface area contributed by atoms with E-state index in [-0.39, 0.29) is 30.7 Å². The van der Waals surface area contributed by atoms with Crippen LogP contribution in [0.5, 0.6) is 11.5 Å². The van der Waals surface area contributed by atoms with Gasteiger partial charge in [0, 0.05) is 0 Å². The van der Waals surface area contributed by atoms with E-state index in [1.165, 1.54) is 24.1 Å². The summed E-state index contributed by atoms with van der Waals surface area (Å²) in [5.74, 6) is -0.433. The van der Waals surface area contributed by atoms with Crippen LogP contribution in [0.15, 0.2) is 42.5 Å². The number of amides is 2. The summed E-state index contributed by atoms with van der Waals surface area (Å²) >= 11 is 0. The van der Waals surface area contributed by atoms with Crippen molar-refractivity contribution in [3.05, 3.63) is 53.8 Å². The zero-order chi connectivity index (χ0) is 18.7. The third kappa shape index (κ3) is 3.61. The summed E-state index contributed by atoms with van der Waals surface area (Å²) in [7, 11) is 1.39. The number of halogens is 1. The van der Waals surface area contributed by atoms with Crippen LogP contribution in [0.3, 0.4) is 0 Å². The van der Waals surface area contributed by atoms with Crippen LogP contribution in [-0.2, 0) is 9.59 Å². The first kappa shape index (κ1) is 17.7. The van der Waals surface area contributed by atoms with Crippen LogP contribution in [0.4, 0.5) is 10.1 Å². The third-order valence-electron chi connectivity index (χ3n) is 4.16. The van der Waals surface area contributed by atoms with Crippen LogP contribution in [-0.4, -0.2) is 32.1 Å². The quantitative estimate of drug-likeness (QED) is 0.891. The monoisotopic (exact) mass is 358 g/mol. The van der Waals surface area contributed by atoms with E-state index >= 15 is 0 Å². The second-order valence-electron chi connectivity index (χ2n) is 5.92. The molecule has 2 aromatic rings. The zero-order valence-corrected chi connectivity index (χ0v) is 14.5. The highest BCUT2D eigenvalue weighted by Crippen LogP contribution is 2.31. The van der Waals surface area contributed by atoms with E-state index in [0.717, 1.165) is 0 Å². The molecule has 2 amide bonds. The summed E-state index contributed by atoms with van der Waals surface area (Å²) < 4.78 is 24.1. The molecule has 26 heavy (non-hydrogen) atoms. The fourth-order valence-corrected chi connectivity index (χ4v) is 2.79. The summed E-state index contributed by atoms with van der Waals surface area (Å²) in [4.78, 5) is 25.9. The highest BCUT2D eigenvalue weighted by molar-refractivity contribution is 6.02. The van der Waals surface area contributed by atoms with Gasteiger partial charge in [-0.3, -0.25) is 14.5 Å². The molecule has 1 heterocycles. The van der Waals surface area contributed by atoms with E-state index in [9.17, 15) is 14.0 Å². The minimum Gasteiger partial charge on any atom is -0.494 e. The van der Waals surface area contributed by atoms with Crippen molar-refractivity contribution in [2.45, 2.75) is 13.0 Å². The lowest BCUT2D eigenvalue weighted by atomic mass is 10.1. The van der Waals surface area contributed by atoms with E-state index in [1.54, 1.807) is 37.3 Å². The highest BCUT2D eigenvalue weighted by Gasteiger charge is 2.27. The van der Waals surface area contributed by atoms with Crippen molar-refractivity contribution in [2.24, 2.45) is 0 Å². The molecular weight excluding hydrogens is 339 g/mol. The van der Waals surface area contributed by atoms with Crippen molar-refractivity contribution in [1.29, 1.82) is 0 Å². The maximum absolute atomic E-state index is 13.8. The van der Waals surface area contributed by atoms with Gasteiger partial charge in [0.1, 0.15) is 12.3 Å². The molecule has 1 aliphatic heterocycles. The Balaban J connectivity index is 1.69. The molecule has 1 unspecified atom stereocenters. The van der Waals surface area contributed by atoms with Crippen LogP contribution in [0, 0.1) is 5.82 Å². The van der Waals surface area contributed by atoms with E-state index in [2.05, 4.69) is 5.32 Å². The molecular formula is C19H19FN2O4. The first-order valence-corrected chi connectivity index (χ1v) is 8.14. The molecule has 136 valence electrons. The van der Waals surface area contributed by atoms with Gasteiger partial charge < -0.3 is 14.8 Å². The molecule has 0 bridgehead atoms. The number of fused-ring (bicyclic) bond motifs is 1. The fraction of sp³-hybridized carbons (Fsp3) is 0.263. The van der Waals surface area contributed by atoms with Crippen molar-refractivity contribution in [3.8, 4) is 11.5 Å². The molecule has 0 aliphatic carbocycles. The van der Waals surface area contributed by atoms with Crippen LogP contribution >= 0.6 is 0 Å². The molecule has 0 aromatic heterocycles. The molecule has 0 saturated carbocycles. The van der Waals surface area contributed by atoms with E-state index in [4.69, 9.17) is 9.47 Å². The van der Waals surface area contributed by atoms with Gasteiger partial charge in [-0.1, -0.05) is 18.2 Å². The van der Waals surface area contributed by atoms with Crippen molar-refractivity contribution < 1.29 is 23.5 Å². The standard InChI is InChI=1S/C19H19FN2O4/c1-12(13-7-8-16(25-2)14(20)9-13)21-18(23)10-22-15-5-3-4-6-17(15)26-11-19(22)24/h3-9,12H,10-11H2,1-2H3,(H,21,23). The number of methoxy groups -OCH3 is 1. The van der Waals surface area contributed by atoms with E-state index in [1.807, 2.05) is 0 Å². The summed E-state index contributed by atoms with van der Waals surface area (Å²) in [6.07, 6.45) is 0. The topological polar surface area (TPSA) is 67.9 Å². The van der Waals surface area contributed by atoms with Gasteiger partial charge in [-0.25, -0.2) is 4.39 Å². The van der Waals surface area contributed by atoms with Crippen molar-refractivity contribution >= 4 is 17.5 Å². The lowest BCUT2D eigenvalue weighted by Crippen LogP contribution is -2.45. The third-order valence-corrected chi connectivity index (χ3v) is 4.16. The van der Waals surface area contributed by atoms with Gasteiger partial charge in [0.05, 0.1) is 18.8 Å². The van der Waals surface area contributed by atoms with E-state index in [0.29, 0.717) is 17.0 Å². The Labute approximate surface area is 150 Å². The smallest absolute Gasteiger partial charge is 0.265 e. The molecule has 7 heteroatoms. The molecule has 0 fully saturated rings. The minimum absolute atomic E-state index is 0.108.